The van der Waals surface area contributed by atoms with Crippen molar-refractivity contribution in [3.8, 4) is 22.7 Å². The van der Waals surface area contributed by atoms with Crippen LogP contribution in [0.25, 0.3) is 16.9 Å². The van der Waals surface area contributed by atoms with Crippen molar-refractivity contribution in [2.45, 2.75) is 25.8 Å². The number of nitrogens with one attached hydrogen (secondary N) is 1. The Kier molecular flexibility index (Phi) is 6.80. The summed E-state index contributed by atoms with van der Waals surface area (Å²) in [4.78, 5) is 13.0. The van der Waals surface area contributed by atoms with Crippen LogP contribution in [-0.4, -0.2) is 35.4 Å². The average molecular weight is 427 g/mol. The van der Waals surface area contributed by atoms with E-state index in [2.05, 4.69) is 5.32 Å². The van der Waals surface area contributed by atoms with E-state index in [1.54, 1.807) is 18.0 Å². The van der Waals surface area contributed by atoms with E-state index in [9.17, 15) is 4.79 Å². The number of benzene rings is 2. The van der Waals surface area contributed by atoms with Crippen LogP contribution in [-0.2, 0) is 0 Å². The Morgan fingerprint density at radius 2 is 2.00 bits per heavy atom. The normalized spacial score (nSPS) is 14.0. The van der Waals surface area contributed by atoms with Gasteiger partial charge in [-0.05, 0) is 49.9 Å². The molecule has 1 fully saturated rings. The van der Waals surface area contributed by atoms with Crippen molar-refractivity contribution in [2.75, 3.05) is 13.7 Å². The number of hydrogen-bond acceptors (Lipinski definition) is 4. The van der Waals surface area contributed by atoms with Gasteiger partial charge in [0.1, 0.15) is 11.4 Å². The Hall–Kier alpha value is -2.83. The molecule has 1 aliphatic carbocycles. The van der Waals surface area contributed by atoms with E-state index in [4.69, 9.17) is 15.6 Å². The number of halogens is 1. The van der Waals surface area contributed by atoms with E-state index >= 15 is 0 Å². The molecule has 1 aromatic heterocycles. The minimum Gasteiger partial charge on any atom is -0.497 e. The molecule has 158 valence electrons. The van der Waals surface area contributed by atoms with E-state index in [-0.39, 0.29) is 24.4 Å². The molecule has 4 rings (SSSR count). The lowest BCUT2D eigenvalue weighted by molar-refractivity contribution is 0.0951. The molecular weight excluding hydrogens is 400 g/mol. The largest absolute Gasteiger partial charge is 0.497 e. The van der Waals surface area contributed by atoms with Gasteiger partial charge < -0.3 is 15.8 Å². The smallest absolute Gasteiger partial charge is 0.255 e. The van der Waals surface area contributed by atoms with E-state index in [0.29, 0.717) is 23.7 Å². The molecule has 0 saturated heterocycles. The van der Waals surface area contributed by atoms with Crippen LogP contribution in [0.5, 0.6) is 5.75 Å². The molecule has 6 nitrogen and oxygen atoms in total. The van der Waals surface area contributed by atoms with Crippen molar-refractivity contribution in [2.24, 2.45) is 11.7 Å². The molecule has 1 atom stereocenters. The van der Waals surface area contributed by atoms with Crippen molar-refractivity contribution < 1.29 is 9.53 Å². The van der Waals surface area contributed by atoms with E-state index < -0.39 is 0 Å². The van der Waals surface area contributed by atoms with Gasteiger partial charge >= 0.3 is 0 Å². The maximum atomic E-state index is 13.0. The number of nitrogens with two attached hydrogens (primary N) is 1. The zero-order chi connectivity index (χ0) is 20.4. The highest BCUT2D eigenvalue weighted by molar-refractivity contribution is 6.00. The first-order valence-corrected chi connectivity index (χ1v) is 9.90. The highest BCUT2D eigenvalue weighted by Gasteiger charge is 2.29. The lowest BCUT2D eigenvalue weighted by Gasteiger charge is -2.11. The van der Waals surface area contributed by atoms with Crippen molar-refractivity contribution in [1.82, 2.24) is 15.1 Å². The molecule has 1 aliphatic rings. The fraction of sp³-hybridized carbons (Fsp3) is 0.304. The summed E-state index contributed by atoms with van der Waals surface area (Å²) in [5.41, 5.74) is 10.2. The molecule has 0 aliphatic heterocycles. The van der Waals surface area contributed by atoms with Crippen LogP contribution >= 0.6 is 12.4 Å². The molecule has 0 spiro atoms. The van der Waals surface area contributed by atoms with Gasteiger partial charge in [0.2, 0.25) is 0 Å². The fourth-order valence-corrected chi connectivity index (χ4v) is 3.35. The first-order valence-electron chi connectivity index (χ1n) is 9.90. The molecule has 0 radical (unpaired) electrons. The summed E-state index contributed by atoms with van der Waals surface area (Å²) in [6.07, 6.45) is 4.08. The first kappa shape index (κ1) is 21.9. The number of carbonyl (C=O) groups is 1. The fourth-order valence-electron chi connectivity index (χ4n) is 3.35. The molecule has 7 heteroatoms. The first-order chi connectivity index (χ1) is 14.0. The second-order valence-corrected chi connectivity index (χ2v) is 7.61. The Morgan fingerprint density at radius 1 is 1.27 bits per heavy atom. The molecule has 1 unspecified atom stereocenters. The molecule has 30 heavy (non-hydrogen) atoms. The number of carbonyl (C=O) groups excluding carboxylic acids is 1. The van der Waals surface area contributed by atoms with Crippen molar-refractivity contribution in [3.05, 3.63) is 65.9 Å². The number of methoxy groups -OCH3 is 1. The summed E-state index contributed by atoms with van der Waals surface area (Å²) in [6, 6.07) is 15.6. The molecule has 1 amide bonds. The number of amides is 1. The molecule has 1 heterocycles. The standard InChI is InChI=1S/C23H26N4O2.ClH/c1-15-6-10-18(11-7-15)27-14-20(23(28)25-13-21(24)16-8-9-16)22(26-27)17-4-3-5-19(12-17)29-2;/h3-7,10-12,14,16,21H,8-9,13,24H2,1-2H3,(H,25,28);1H. The second-order valence-electron chi connectivity index (χ2n) is 7.61. The topological polar surface area (TPSA) is 82.2 Å². The van der Waals surface area contributed by atoms with Gasteiger partial charge in [-0.3, -0.25) is 4.79 Å². The molecule has 0 bridgehead atoms. The molecule has 3 N–H and O–H groups in total. The summed E-state index contributed by atoms with van der Waals surface area (Å²) in [5.74, 6) is 1.08. The van der Waals surface area contributed by atoms with Gasteiger partial charge in [0.15, 0.2) is 0 Å². The minimum atomic E-state index is -0.169. The van der Waals surface area contributed by atoms with Crippen molar-refractivity contribution in [3.63, 3.8) is 0 Å². The summed E-state index contributed by atoms with van der Waals surface area (Å²) < 4.78 is 7.08. The third kappa shape index (κ3) is 4.83. The summed E-state index contributed by atoms with van der Waals surface area (Å²) in [6.45, 7) is 2.51. The SMILES string of the molecule is COc1cccc(-c2nn(-c3ccc(C)cc3)cc2C(=O)NCC(N)C2CC2)c1.Cl. The van der Waals surface area contributed by atoms with Crippen LogP contribution in [0.15, 0.2) is 54.7 Å². The van der Waals surface area contributed by atoms with Gasteiger partial charge in [0, 0.05) is 24.3 Å². The van der Waals surface area contributed by atoms with Gasteiger partial charge in [-0.25, -0.2) is 4.68 Å². The third-order valence-corrected chi connectivity index (χ3v) is 5.33. The maximum absolute atomic E-state index is 13.0. The summed E-state index contributed by atoms with van der Waals surface area (Å²) in [7, 11) is 1.62. The van der Waals surface area contributed by atoms with Gasteiger partial charge in [-0.2, -0.15) is 5.10 Å². The van der Waals surface area contributed by atoms with E-state index in [1.807, 2.05) is 55.5 Å². The molecular formula is C23H27ClN4O2. The Balaban J connectivity index is 0.00000256. The second kappa shape index (κ2) is 9.32. The average Bonchev–Trinajstić information content (AvgIpc) is 3.51. The predicted octanol–water partition coefficient (Wildman–Crippen LogP) is 3.75. The van der Waals surface area contributed by atoms with Crippen LogP contribution in [0.1, 0.15) is 28.8 Å². The van der Waals surface area contributed by atoms with Crippen molar-refractivity contribution in [1.29, 1.82) is 0 Å². The number of aromatic nitrogens is 2. The zero-order valence-corrected chi connectivity index (χ0v) is 18.0. The summed E-state index contributed by atoms with van der Waals surface area (Å²) >= 11 is 0. The van der Waals surface area contributed by atoms with Crippen LogP contribution < -0.4 is 15.8 Å². The van der Waals surface area contributed by atoms with E-state index in [0.717, 1.165) is 29.8 Å². The quantitative estimate of drug-likeness (QED) is 0.602. The Morgan fingerprint density at radius 3 is 2.67 bits per heavy atom. The van der Waals surface area contributed by atoms with E-state index in [1.165, 1.54) is 5.56 Å². The monoisotopic (exact) mass is 426 g/mol. The third-order valence-electron chi connectivity index (χ3n) is 5.33. The molecule has 3 aromatic rings. The van der Waals surface area contributed by atoms with Gasteiger partial charge in [0.25, 0.3) is 5.91 Å². The minimum absolute atomic E-state index is 0. The van der Waals surface area contributed by atoms with Crippen LogP contribution in [0.4, 0.5) is 0 Å². The molecule has 1 saturated carbocycles. The molecule has 2 aromatic carbocycles. The number of aryl methyl sites for hydroxylation is 1. The summed E-state index contributed by atoms with van der Waals surface area (Å²) in [5, 5.41) is 7.70. The van der Waals surface area contributed by atoms with Gasteiger partial charge in [-0.1, -0.05) is 29.8 Å². The zero-order valence-electron chi connectivity index (χ0n) is 17.2. The number of nitrogens with zero attached hydrogens (tertiary/aromatic N) is 2. The lowest BCUT2D eigenvalue weighted by atomic mass is 10.1. The number of rotatable bonds is 7. The highest BCUT2D eigenvalue weighted by Crippen LogP contribution is 2.31. The number of ether oxygens (including phenoxy) is 1. The van der Waals surface area contributed by atoms with Gasteiger partial charge in [0.05, 0.1) is 18.4 Å². The van der Waals surface area contributed by atoms with Crippen LogP contribution in [0, 0.1) is 12.8 Å². The lowest BCUT2D eigenvalue weighted by Crippen LogP contribution is -2.38. The predicted molar refractivity (Wildman–Crippen MR) is 121 cm³/mol. The number of hydrogen-bond donors (Lipinski definition) is 2. The Bertz CT molecular complexity index is 1010. The van der Waals surface area contributed by atoms with Gasteiger partial charge in [-0.15, -0.1) is 12.4 Å². The van der Waals surface area contributed by atoms with Crippen LogP contribution in [0.3, 0.4) is 0 Å². The maximum Gasteiger partial charge on any atom is 0.255 e. The Labute approximate surface area is 182 Å². The van der Waals surface area contributed by atoms with Crippen LogP contribution in [0.2, 0.25) is 0 Å². The highest BCUT2D eigenvalue weighted by atomic mass is 35.5. The van der Waals surface area contributed by atoms with Crippen molar-refractivity contribution >= 4 is 18.3 Å².